The number of nitrogens with zero attached hydrogens (tertiary/aromatic N) is 5. The van der Waals surface area contributed by atoms with Crippen LogP contribution in [0.3, 0.4) is 0 Å². The molecule has 0 aliphatic carbocycles. The molecule has 0 saturated carbocycles. The quantitative estimate of drug-likeness (QED) is 0.379. The van der Waals surface area contributed by atoms with Crippen molar-refractivity contribution in [1.82, 2.24) is 20.1 Å². The second-order valence-corrected chi connectivity index (χ2v) is 11.2. The number of aliphatic hydroxyl groups excluding tert-OH is 1. The molecule has 2 saturated heterocycles. The Balaban J connectivity index is 0.000000389. The number of aromatic nitrogens is 1. The monoisotopic (exact) mass is 564 g/mol. The predicted octanol–water partition coefficient (Wildman–Crippen LogP) is 1.63. The van der Waals surface area contributed by atoms with Gasteiger partial charge in [0, 0.05) is 50.2 Å². The number of anilines is 1. The molecular weight excluding hydrogens is 524 g/mol. The van der Waals surface area contributed by atoms with Crippen LogP contribution in [0.1, 0.15) is 44.4 Å². The minimum atomic E-state index is -0.605. The SMILES string of the molecule is CN(c1ccc(C(C)(C)C)cc1)C(C(=O)NCC(=O)N1CCOCC1)c1cccnc1.N#CN1CC(O)CC1C=O. The second-order valence-electron chi connectivity index (χ2n) is 11.2. The largest absolute Gasteiger partial charge is 0.391 e. The van der Waals surface area contributed by atoms with Crippen molar-refractivity contribution in [2.24, 2.45) is 0 Å². The maximum Gasteiger partial charge on any atom is 0.247 e. The minimum Gasteiger partial charge on any atom is -0.391 e. The summed E-state index contributed by atoms with van der Waals surface area (Å²) in [5, 5.41) is 20.2. The summed E-state index contributed by atoms with van der Waals surface area (Å²) in [6.45, 7) is 8.94. The summed E-state index contributed by atoms with van der Waals surface area (Å²) in [5.74, 6) is -0.337. The molecule has 3 heterocycles. The zero-order valence-corrected chi connectivity index (χ0v) is 24.2. The predicted molar refractivity (Wildman–Crippen MR) is 154 cm³/mol. The zero-order chi connectivity index (χ0) is 30.0. The maximum absolute atomic E-state index is 13.2. The molecule has 1 aromatic heterocycles. The lowest BCUT2D eigenvalue weighted by molar-refractivity contribution is -0.136. The van der Waals surface area contributed by atoms with Gasteiger partial charge in [-0.15, -0.1) is 0 Å². The summed E-state index contributed by atoms with van der Waals surface area (Å²) in [5.41, 5.74) is 2.96. The Hall–Kier alpha value is -4.01. The highest BCUT2D eigenvalue weighted by Crippen LogP contribution is 2.29. The van der Waals surface area contributed by atoms with E-state index in [1.54, 1.807) is 17.3 Å². The highest BCUT2D eigenvalue weighted by molar-refractivity contribution is 5.90. The van der Waals surface area contributed by atoms with Crippen molar-refractivity contribution in [1.29, 1.82) is 5.26 Å². The highest BCUT2D eigenvalue weighted by Gasteiger charge is 2.30. The van der Waals surface area contributed by atoms with Gasteiger partial charge in [-0.2, -0.15) is 5.26 Å². The normalized spacial score (nSPS) is 19.3. The van der Waals surface area contributed by atoms with Crippen molar-refractivity contribution in [2.45, 2.75) is 50.8 Å². The number of nitriles is 1. The number of carbonyl (C=O) groups is 3. The number of morpholine rings is 1. The third-order valence-corrected chi connectivity index (χ3v) is 7.16. The molecule has 2 aliphatic heterocycles. The molecule has 3 atom stereocenters. The Morgan fingerprint density at radius 3 is 2.46 bits per heavy atom. The van der Waals surface area contributed by atoms with Crippen molar-refractivity contribution in [3.8, 4) is 6.19 Å². The number of ether oxygens (including phenoxy) is 1. The van der Waals surface area contributed by atoms with E-state index in [2.05, 4.69) is 43.2 Å². The second kappa shape index (κ2) is 14.6. The van der Waals surface area contributed by atoms with E-state index in [4.69, 9.17) is 15.1 Å². The average molecular weight is 565 g/mol. The van der Waals surface area contributed by atoms with Crippen LogP contribution in [-0.4, -0.2) is 96.6 Å². The molecule has 0 radical (unpaired) electrons. The van der Waals surface area contributed by atoms with E-state index in [-0.39, 0.29) is 23.8 Å². The number of hydrogen-bond donors (Lipinski definition) is 2. The van der Waals surface area contributed by atoms with Gasteiger partial charge in [-0.1, -0.05) is 39.0 Å². The number of aldehydes is 1. The highest BCUT2D eigenvalue weighted by atomic mass is 16.5. The zero-order valence-electron chi connectivity index (χ0n) is 24.2. The summed E-state index contributed by atoms with van der Waals surface area (Å²) in [6.07, 6.45) is 5.77. The van der Waals surface area contributed by atoms with E-state index in [9.17, 15) is 14.4 Å². The van der Waals surface area contributed by atoms with Crippen LogP contribution in [0.2, 0.25) is 0 Å². The van der Waals surface area contributed by atoms with Gasteiger partial charge in [0.05, 0.1) is 38.4 Å². The summed E-state index contributed by atoms with van der Waals surface area (Å²) in [6, 6.07) is 10.9. The molecule has 2 N–H and O–H groups in total. The first-order valence-electron chi connectivity index (χ1n) is 13.7. The fourth-order valence-corrected chi connectivity index (χ4v) is 4.71. The summed E-state index contributed by atoms with van der Waals surface area (Å²) in [7, 11) is 1.88. The molecule has 11 nitrogen and oxygen atoms in total. The fraction of sp³-hybridized carbons (Fsp3) is 0.500. The van der Waals surface area contributed by atoms with E-state index in [0.29, 0.717) is 45.6 Å². The van der Waals surface area contributed by atoms with E-state index < -0.39 is 18.2 Å². The number of amides is 2. The first-order valence-corrected chi connectivity index (χ1v) is 13.7. The topological polar surface area (TPSA) is 139 Å². The Labute approximate surface area is 241 Å². The van der Waals surface area contributed by atoms with Gasteiger partial charge in [0.2, 0.25) is 11.8 Å². The van der Waals surface area contributed by atoms with E-state index in [1.165, 1.54) is 10.5 Å². The number of pyridine rings is 1. The number of rotatable bonds is 7. The van der Waals surface area contributed by atoms with Gasteiger partial charge in [0.15, 0.2) is 6.19 Å². The molecule has 2 aromatic rings. The smallest absolute Gasteiger partial charge is 0.247 e. The van der Waals surface area contributed by atoms with E-state index in [0.717, 1.165) is 11.3 Å². The van der Waals surface area contributed by atoms with Gasteiger partial charge < -0.3 is 29.8 Å². The Bertz CT molecular complexity index is 1190. The van der Waals surface area contributed by atoms with Gasteiger partial charge in [0.25, 0.3) is 0 Å². The Morgan fingerprint density at radius 2 is 1.93 bits per heavy atom. The van der Waals surface area contributed by atoms with Crippen LogP contribution in [0.5, 0.6) is 0 Å². The van der Waals surface area contributed by atoms with Crippen LogP contribution in [0.25, 0.3) is 0 Å². The van der Waals surface area contributed by atoms with Crippen molar-refractivity contribution in [2.75, 3.05) is 51.3 Å². The van der Waals surface area contributed by atoms with E-state index in [1.807, 2.05) is 42.4 Å². The molecule has 4 rings (SSSR count). The molecule has 41 heavy (non-hydrogen) atoms. The third kappa shape index (κ3) is 8.74. The van der Waals surface area contributed by atoms with Crippen LogP contribution in [0.15, 0.2) is 48.8 Å². The molecule has 2 amide bonds. The molecule has 0 bridgehead atoms. The first-order chi connectivity index (χ1) is 19.5. The van der Waals surface area contributed by atoms with Crippen molar-refractivity contribution >= 4 is 23.8 Å². The lowest BCUT2D eigenvalue weighted by Gasteiger charge is -2.31. The van der Waals surface area contributed by atoms with Crippen LogP contribution in [0, 0.1) is 11.5 Å². The van der Waals surface area contributed by atoms with Gasteiger partial charge in [-0.05, 0) is 29.2 Å². The lowest BCUT2D eigenvalue weighted by Crippen LogP contribution is -2.47. The lowest BCUT2D eigenvalue weighted by atomic mass is 9.87. The van der Waals surface area contributed by atoms with Crippen molar-refractivity contribution in [3.05, 3.63) is 59.9 Å². The van der Waals surface area contributed by atoms with Gasteiger partial charge in [0.1, 0.15) is 12.3 Å². The van der Waals surface area contributed by atoms with Crippen LogP contribution >= 0.6 is 0 Å². The molecule has 3 unspecified atom stereocenters. The van der Waals surface area contributed by atoms with Gasteiger partial charge >= 0.3 is 0 Å². The molecule has 2 aliphatic rings. The van der Waals surface area contributed by atoms with E-state index >= 15 is 0 Å². The average Bonchev–Trinajstić information content (AvgIpc) is 3.36. The minimum absolute atomic E-state index is 0.0353. The molecular formula is C30H40N6O5. The van der Waals surface area contributed by atoms with Crippen LogP contribution in [0.4, 0.5) is 5.69 Å². The molecule has 0 spiro atoms. The van der Waals surface area contributed by atoms with Crippen molar-refractivity contribution < 1.29 is 24.2 Å². The molecule has 11 heteroatoms. The molecule has 220 valence electrons. The first kappa shape index (κ1) is 31.5. The third-order valence-electron chi connectivity index (χ3n) is 7.16. The number of likely N-dealkylation sites (tertiary alicyclic amines) is 1. The van der Waals surface area contributed by atoms with Gasteiger partial charge in [-0.3, -0.25) is 19.5 Å². The number of likely N-dealkylation sites (N-methyl/N-ethyl adjacent to an activating group) is 1. The molecule has 1 aromatic carbocycles. The number of β-amino-alcohol motifs (C(OH)–C–C–N with tert-alkyl or cyclic N) is 1. The number of aliphatic hydroxyl groups is 1. The Morgan fingerprint density at radius 1 is 1.24 bits per heavy atom. The Kier molecular flexibility index (Phi) is 11.2. The van der Waals surface area contributed by atoms with Crippen molar-refractivity contribution in [3.63, 3.8) is 0 Å². The fourth-order valence-electron chi connectivity index (χ4n) is 4.71. The van der Waals surface area contributed by atoms with Crippen LogP contribution in [-0.2, 0) is 24.5 Å². The number of nitrogens with one attached hydrogen (secondary N) is 1. The van der Waals surface area contributed by atoms with Crippen LogP contribution < -0.4 is 10.2 Å². The molecule has 2 fully saturated rings. The number of benzene rings is 1. The summed E-state index contributed by atoms with van der Waals surface area (Å²) >= 11 is 0. The number of hydrogen-bond acceptors (Lipinski definition) is 9. The number of carbonyl (C=O) groups excluding carboxylic acids is 3. The van der Waals surface area contributed by atoms with Gasteiger partial charge in [-0.25, -0.2) is 0 Å². The standard InChI is InChI=1S/C24H32N4O3.C6H8N2O2/c1-24(2,3)19-7-9-20(10-8-19)27(4)22(18-6-5-11-25-16-18)23(30)26-17-21(29)28-12-14-31-15-13-28;7-4-8-2-6(10)1-5(8)3-9/h5-11,16,22H,12-15,17H2,1-4H3,(H,26,30);3,5-6,10H,1-2H2. The maximum atomic E-state index is 13.2. The summed E-state index contributed by atoms with van der Waals surface area (Å²) < 4.78 is 5.29. The summed E-state index contributed by atoms with van der Waals surface area (Å²) in [4.78, 5) is 45.0.